The molecule has 2 heterocycles. The molecule has 13 heavy (non-hydrogen) atoms. The molecule has 1 N–H and O–H groups in total. The summed E-state index contributed by atoms with van der Waals surface area (Å²) in [6.45, 7) is 6.24. The molecular formula is C10H13NO2. The summed E-state index contributed by atoms with van der Waals surface area (Å²) in [5.41, 5.74) is 2.24. The van der Waals surface area contributed by atoms with E-state index in [1.165, 1.54) is 0 Å². The van der Waals surface area contributed by atoms with Crippen LogP contribution < -0.4 is 0 Å². The molecule has 0 bridgehead atoms. The Bertz CT molecular complexity index is 358. The maximum atomic E-state index is 9.71. The van der Waals surface area contributed by atoms with Gasteiger partial charge in [-0.1, -0.05) is 0 Å². The number of nitrogens with zero attached hydrogens (tertiary/aromatic N) is 1. The highest BCUT2D eigenvalue weighted by molar-refractivity contribution is 5.44. The highest BCUT2D eigenvalue weighted by Gasteiger charge is 2.33. The van der Waals surface area contributed by atoms with Crippen molar-refractivity contribution < 1.29 is 9.84 Å². The van der Waals surface area contributed by atoms with Gasteiger partial charge in [0.15, 0.2) is 0 Å². The van der Waals surface area contributed by atoms with Crippen LogP contribution in [0.3, 0.4) is 0 Å². The zero-order valence-electron chi connectivity index (χ0n) is 8.09. The minimum Gasteiger partial charge on any atom is -0.506 e. The Morgan fingerprint density at radius 3 is 2.92 bits per heavy atom. The fourth-order valence-electron chi connectivity index (χ4n) is 1.64. The molecule has 0 fully saturated rings. The van der Waals surface area contributed by atoms with Crippen molar-refractivity contribution in [2.75, 3.05) is 0 Å². The quantitative estimate of drug-likeness (QED) is 0.661. The minimum atomic E-state index is -0.312. The molecular weight excluding hydrogens is 166 g/mol. The van der Waals surface area contributed by atoms with E-state index in [-0.39, 0.29) is 11.4 Å². The zero-order chi connectivity index (χ0) is 9.64. The molecule has 0 saturated carbocycles. The number of hydrogen-bond acceptors (Lipinski definition) is 3. The fraction of sp³-hybridized carbons (Fsp3) is 0.500. The third kappa shape index (κ3) is 1.11. The van der Waals surface area contributed by atoms with Crippen molar-refractivity contribution >= 4 is 0 Å². The summed E-state index contributed by atoms with van der Waals surface area (Å²) in [6.07, 6.45) is 1.79. The van der Waals surface area contributed by atoms with Crippen molar-refractivity contribution in [2.24, 2.45) is 0 Å². The maximum Gasteiger partial charge on any atom is 0.142 e. The van der Waals surface area contributed by atoms with Gasteiger partial charge in [-0.25, -0.2) is 0 Å². The first kappa shape index (κ1) is 8.51. The molecule has 0 unspecified atom stereocenters. The first-order valence-electron chi connectivity index (χ1n) is 4.34. The maximum absolute atomic E-state index is 9.71. The number of pyridine rings is 1. The molecule has 0 aliphatic carbocycles. The van der Waals surface area contributed by atoms with E-state index in [1.807, 2.05) is 13.8 Å². The van der Waals surface area contributed by atoms with Gasteiger partial charge < -0.3 is 9.84 Å². The van der Waals surface area contributed by atoms with Gasteiger partial charge in [0.05, 0.1) is 17.9 Å². The molecule has 1 aromatic heterocycles. The summed E-state index contributed by atoms with van der Waals surface area (Å²) in [5.74, 6) is 0.281. The molecule has 3 heteroatoms. The standard InChI is InChI=1S/C10H13NO2/c1-6-9(12)7-5-13-10(2,3)8(7)4-11-6/h4,12H,5H2,1-3H3. The number of aryl methyl sites for hydroxylation is 1. The molecule has 1 aromatic rings. The summed E-state index contributed by atoms with van der Waals surface area (Å²) in [7, 11) is 0. The Morgan fingerprint density at radius 2 is 2.23 bits per heavy atom. The van der Waals surface area contributed by atoms with Crippen molar-refractivity contribution in [2.45, 2.75) is 33.0 Å². The van der Waals surface area contributed by atoms with E-state index in [2.05, 4.69) is 4.98 Å². The van der Waals surface area contributed by atoms with Crippen LogP contribution in [0.25, 0.3) is 0 Å². The van der Waals surface area contributed by atoms with Gasteiger partial charge in [-0.2, -0.15) is 0 Å². The normalized spacial score (nSPS) is 18.7. The Hall–Kier alpha value is -1.09. The smallest absolute Gasteiger partial charge is 0.142 e. The van der Waals surface area contributed by atoms with Crippen LogP contribution in [0.15, 0.2) is 6.20 Å². The molecule has 2 rings (SSSR count). The Labute approximate surface area is 77.4 Å². The SMILES string of the molecule is Cc1ncc2c(c1O)COC2(C)C. The van der Waals surface area contributed by atoms with E-state index in [0.717, 1.165) is 11.1 Å². The second-order valence-electron chi connectivity index (χ2n) is 3.88. The van der Waals surface area contributed by atoms with Crippen LogP contribution in [0.5, 0.6) is 5.75 Å². The monoisotopic (exact) mass is 179 g/mol. The summed E-state index contributed by atoms with van der Waals surface area (Å²) in [4.78, 5) is 4.12. The lowest BCUT2D eigenvalue weighted by atomic mass is 9.97. The first-order valence-corrected chi connectivity index (χ1v) is 4.34. The molecule has 1 aliphatic rings. The Kier molecular flexibility index (Phi) is 1.60. The minimum absolute atomic E-state index is 0.281. The zero-order valence-corrected chi connectivity index (χ0v) is 8.09. The average Bonchev–Trinajstić information content (AvgIpc) is 2.35. The summed E-state index contributed by atoms with van der Waals surface area (Å²) in [6, 6.07) is 0. The van der Waals surface area contributed by atoms with Crippen molar-refractivity contribution in [3.8, 4) is 5.75 Å². The molecule has 0 spiro atoms. The van der Waals surface area contributed by atoms with Gasteiger partial charge in [-0.3, -0.25) is 4.98 Å². The lowest BCUT2D eigenvalue weighted by Crippen LogP contribution is -2.14. The predicted octanol–water partition coefficient (Wildman–Crippen LogP) is 1.86. The lowest BCUT2D eigenvalue weighted by Gasteiger charge is -2.17. The second-order valence-corrected chi connectivity index (χ2v) is 3.88. The number of hydrogen-bond donors (Lipinski definition) is 1. The van der Waals surface area contributed by atoms with Crippen molar-refractivity contribution in [1.82, 2.24) is 4.98 Å². The van der Waals surface area contributed by atoms with Gasteiger partial charge >= 0.3 is 0 Å². The Balaban J connectivity index is 2.64. The van der Waals surface area contributed by atoms with Crippen LogP contribution in [0.2, 0.25) is 0 Å². The number of rotatable bonds is 0. The van der Waals surface area contributed by atoms with E-state index < -0.39 is 0 Å². The van der Waals surface area contributed by atoms with Crippen molar-refractivity contribution in [3.63, 3.8) is 0 Å². The fourth-order valence-corrected chi connectivity index (χ4v) is 1.64. The summed E-state index contributed by atoms with van der Waals surface area (Å²) < 4.78 is 5.55. The highest BCUT2D eigenvalue weighted by Crippen LogP contribution is 2.40. The average molecular weight is 179 g/mol. The molecule has 70 valence electrons. The van der Waals surface area contributed by atoms with Crippen molar-refractivity contribution in [1.29, 1.82) is 0 Å². The highest BCUT2D eigenvalue weighted by atomic mass is 16.5. The molecule has 0 saturated heterocycles. The van der Waals surface area contributed by atoms with Gasteiger partial charge in [0.2, 0.25) is 0 Å². The van der Waals surface area contributed by atoms with E-state index in [0.29, 0.717) is 12.3 Å². The van der Waals surface area contributed by atoms with Crippen LogP contribution in [0, 0.1) is 6.92 Å². The third-order valence-corrected chi connectivity index (χ3v) is 2.57. The summed E-state index contributed by atoms with van der Waals surface area (Å²) >= 11 is 0. The number of ether oxygens (including phenoxy) is 1. The predicted molar refractivity (Wildman–Crippen MR) is 48.5 cm³/mol. The van der Waals surface area contributed by atoms with E-state index >= 15 is 0 Å². The second kappa shape index (κ2) is 2.45. The topological polar surface area (TPSA) is 42.4 Å². The van der Waals surface area contributed by atoms with Crippen LogP contribution in [-0.4, -0.2) is 10.1 Å². The molecule has 3 nitrogen and oxygen atoms in total. The number of aromatic hydroxyl groups is 1. The van der Waals surface area contributed by atoms with E-state index in [1.54, 1.807) is 13.1 Å². The van der Waals surface area contributed by atoms with E-state index in [9.17, 15) is 5.11 Å². The third-order valence-electron chi connectivity index (χ3n) is 2.57. The summed E-state index contributed by atoms with van der Waals surface area (Å²) in [5, 5.41) is 9.71. The van der Waals surface area contributed by atoms with Gasteiger partial charge in [-0.05, 0) is 20.8 Å². The van der Waals surface area contributed by atoms with Gasteiger partial charge in [0.25, 0.3) is 0 Å². The molecule has 0 aromatic carbocycles. The molecule has 1 aliphatic heterocycles. The molecule has 0 atom stereocenters. The van der Waals surface area contributed by atoms with E-state index in [4.69, 9.17) is 4.74 Å². The lowest BCUT2D eigenvalue weighted by molar-refractivity contribution is -0.00821. The first-order chi connectivity index (χ1) is 6.02. The number of fused-ring (bicyclic) bond motifs is 1. The van der Waals surface area contributed by atoms with Crippen molar-refractivity contribution in [3.05, 3.63) is 23.0 Å². The van der Waals surface area contributed by atoms with Crippen LogP contribution >= 0.6 is 0 Å². The van der Waals surface area contributed by atoms with Crippen LogP contribution in [0.4, 0.5) is 0 Å². The molecule has 0 amide bonds. The van der Waals surface area contributed by atoms with Gasteiger partial charge in [0, 0.05) is 17.3 Å². The van der Waals surface area contributed by atoms with Crippen LogP contribution in [-0.2, 0) is 16.9 Å². The largest absolute Gasteiger partial charge is 0.506 e. The Morgan fingerprint density at radius 1 is 1.54 bits per heavy atom. The van der Waals surface area contributed by atoms with Crippen LogP contribution in [0.1, 0.15) is 30.7 Å². The van der Waals surface area contributed by atoms with Gasteiger partial charge in [0.1, 0.15) is 5.75 Å². The number of aromatic nitrogens is 1. The van der Waals surface area contributed by atoms with Gasteiger partial charge in [-0.15, -0.1) is 0 Å². The molecule has 0 radical (unpaired) electrons.